The van der Waals surface area contributed by atoms with Crippen LogP contribution in [0.5, 0.6) is 11.7 Å². The molecule has 2 aromatic rings. The van der Waals surface area contributed by atoms with Crippen LogP contribution in [-0.4, -0.2) is 47.7 Å². The number of likely N-dealkylation sites (tertiary alicyclic amines) is 1. The van der Waals surface area contributed by atoms with Crippen LogP contribution < -0.4 is 4.74 Å². The Balaban J connectivity index is 1.34. The van der Waals surface area contributed by atoms with Crippen molar-refractivity contribution in [1.82, 2.24) is 4.90 Å². The highest BCUT2D eigenvalue weighted by Gasteiger charge is 2.41. The second-order valence-electron chi connectivity index (χ2n) is 7.23. The molecule has 0 saturated carbocycles. The normalized spacial score (nSPS) is 22.9. The van der Waals surface area contributed by atoms with E-state index in [1.54, 1.807) is 17.0 Å². The summed E-state index contributed by atoms with van der Waals surface area (Å²) in [6.45, 7) is 1.62. The second-order valence-corrected chi connectivity index (χ2v) is 7.23. The Hall–Kier alpha value is -2.80. The Morgan fingerprint density at radius 2 is 1.79 bits per heavy atom. The number of piperidine rings is 1. The number of para-hydroxylation sites is 1. The summed E-state index contributed by atoms with van der Waals surface area (Å²) in [5.41, 5.74) is 0. The van der Waals surface area contributed by atoms with E-state index in [2.05, 4.69) is 0 Å². The highest BCUT2D eigenvalue weighted by atomic mass is 16.6. The molecule has 0 spiro atoms. The van der Waals surface area contributed by atoms with Crippen molar-refractivity contribution in [3.05, 3.63) is 48.2 Å². The molecular weight excluding hydrogens is 362 g/mol. The van der Waals surface area contributed by atoms with Crippen LogP contribution in [0.2, 0.25) is 0 Å². The molecule has 1 aromatic heterocycles. The lowest BCUT2D eigenvalue weighted by atomic mass is 9.84. The lowest BCUT2D eigenvalue weighted by molar-refractivity contribution is -0.145. The summed E-state index contributed by atoms with van der Waals surface area (Å²) in [5.74, 6) is -0.0820. The van der Waals surface area contributed by atoms with Crippen LogP contribution in [0, 0.1) is 11.8 Å². The van der Waals surface area contributed by atoms with E-state index < -0.39 is 11.9 Å². The van der Waals surface area contributed by atoms with E-state index in [1.165, 1.54) is 0 Å². The number of ether oxygens (including phenoxy) is 2. The molecule has 2 fully saturated rings. The number of carboxylic acids is 1. The molecule has 0 aliphatic carbocycles. The zero-order valence-corrected chi connectivity index (χ0v) is 15.5. The van der Waals surface area contributed by atoms with Crippen molar-refractivity contribution >= 4 is 11.9 Å². The number of aliphatic carboxylic acids is 1. The maximum atomic E-state index is 12.7. The molecule has 148 valence electrons. The van der Waals surface area contributed by atoms with Crippen molar-refractivity contribution in [3.8, 4) is 11.7 Å². The molecule has 0 radical (unpaired) electrons. The first-order chi connectivity index (χ1) is 13.6. The third kappa shape index (κ3) is 3.89. The summed E-state index contributed by atoms with van der Waals surface area (Å²) >= 11 is 0. The highest BCUT2D eigenvalue weighted by molar-refractivity contribution is 5.91. The molecule has 1 amide bonds. The second kappa shape index (κ2) is 8.06. The molecule has 3 heterocycles. The van der Waals surface area contributed by atoms with Gasteiger partial charge >= 0.3 is 5.97 Å². The van der Waals surface area contributed by atoms with Crippen molar-refractivity contribution in [3.63, 3.8) is 0 Å². The van der Waals surface area contributed by atoms with E-state index in [0.717, 1.165) is 12.8 Å². The number of amides is 1. The Labute approximate surface area is 162 Å². The predicted molar refractivity (Wildman–Crippen MR) is 99.3 cm³/mol. The number of rotatable bonds is 5. The third-order valence-corrected chi connectivity index (χ3v) is 5.50. The average molecular weight is 385 g/mol. The molecule has 28 heavy (non-hydrogen) atoms. The van der Waals surface area contributed by atoms with E-state index in [0.29, 0.717) is 31.9 Å². The largest absolute Gasteiger partial charge is 0.481 e. The van der Waals surface area contributed by atoms with Crippen LogP contribution in [0.3, 0.4) is 0 Å². The first kappa shape index (κ1) is 18.6. The van der Waals surface area contributed by atoms with Gasteiger partial charge in [0.2, 0.25) is 0 Å². The molecule has 0 bridgehead atoms. The summed E-state index contributed by atoms with van der Waals surface area (Å²) in [4.78, 5) is 25.8. The highest BCUT2D eigenvalue weighted by Crippen LogP contribution is 2.34. The van der Waals surface area contributed by atoms with Gasteiger partial charge in [0, 0.05) is 25.8 Å². The number of furan rings is 1. The molecule has 1 N–H and O–H groups in total. The molecule has 1 unspecified atom stereocenters. The smallest absolute Gasteiger partial charge is 0.309 e. The molecular formula is C21H23NO6. The number of hydrogen-bond acceptors (Lipinski definition) is 5. The fourth-order valence-electron chi connectivity index (χ4n) is 4.02. The van der Waals surface area contributed by atoms with Gasteiger partial charge in [-0.3, -0.25) is 9.59 Å². The fourth-order valence-corrected chi connectivity index (χ4v) is 4.02. The Bertz CT molecular complexity index is 824. The molecule has 7 nitrogen and oxygen atoms in total. The standard InChI is InChI=1S/C21H23NO6/c23-20(17-6-7-18(28-17)27-15-4-2-1-3-5-15)22-11-8-14(9-12-22)19-16(21(24)25)10-13-26-19/h1-7,14,16,19H,8-13H2,(H,24,25)/t16?,19-/m0/s1. The first-order valence-electron chi connectivity index (χ1n) is 9.58. The topological polar surface area (TPSA) is 89.2 Å². The fraction of sp³-hybridized carbons (Fsp3) is 0.429. The molecule has 7 heteroatoms. The third-order valence-electron chi connectivity index (χ3n) is 5.50. The van der Waals surface area contributed by atoms with Gasteiger partial charge in [-0.1, -0.05) is 18.2 Å². The van der Waals surface area contributed by atoms with Gasteiger partial charge in [0.1, 0.15) is 5.75 Å². The van der Waals surface area contributed by atoms with Gasteiger partial charge in [-0.2, -0.15) is 0 Å². The average Bonchev–Trinajstić information content (AvgIpc) is 3.38. The van der Waals surface area contributed by atoms with Crippen molar-refractivity contribution in [1.29, 1.82) is 0 Å². The summed E-state index contributed by atoms with van der Waals surface area (Å²) in [6, 6.07) is 12.5. The number of carbonyl (C=O) groups is 2. The Morgan fingerprint density at radius 1 is 1.04 bits per heavy atom. The minimum atomic E-state index is -0.789. The zero-order chi connectivity index (χ0) is 19.5. The van der Waals surface area contributed by atoms with Crippen molar-refractivity contribution in [2.24, 2.45) is 11.8 Å². The molecule has 2 aliphatic rings. The summed E-state index contributed by atoms with van der Waals surface area (Å²) in [6.07, 6.45) is 1.78. The SMILES string of the molecule is O=C(O)C1CCO[C@H]1C1CCN(C(=O)c2ccc(Oc3ccccc3)o2)CC1. The molecule has 2 atom stereocenters. The van der Waals surface area contributed by atoms with Crippen LogP contribution in [0.4, 0.5) is 0 Å². The van der Waals surface area contributed by atoms with E-state index in [9.17, 15) is 14.7 Å². The van der Waals surface area contributed by atoms with Crippen LogP contribution in [-0.2, 0) is 9.53 Å². The Kier molecular flexibility index (Phi) is 5.34. The van der Waals surface area contributed by atoms with Gasteiger partial charge in [0.25, 0.3) is 11.9 Å². The van der Waals surface area contributed by atoms with Crippen molar-refractivity contribution < 1.29 is 28.6 Å². The van der Waals surface area contributed by atoms with Gasteiger partial charge in [-0.05, 0) is 43.4 Å². The van der Waals surface area contributed by atoms with E-state index in [4.69, 9.17) is 13.9 Å². The lowest BCUT2D eigenvalue weighted by Gasteiger charge is -2.35. The van der Waals surface area contributed by atoms with Crippen LogP contribution in [0.25, 0.3) is 0 Å². The minimum absolute atomic E-state index is 0.168. The number of benzene rings is 1. The van der Waals surface area contributed by atoms with Gasteiger partial charge in [0.05, 0.1) is 12.0 Å². The Morgan fingerprint density at radius 3 is 2.50 bits per heavy atom. The maximum absolute atomic E-state index is 12.7. The van der Waals surface area contributed by atoms with Crippen LogP contribution in [0.15, 0.2) is 46.9 Å². The summed E-state index contributed by atoms with van der Waals surface area (Å²) in [5, 5.41) is 9.34. The molecule has 2 aliphatic heterocycles. The number of carbonyl (C=O) groups excluding carboxylic acids is 1. The van der Waals surface area contributed by atoms with Gasteiger partial charge in [-0.15, -0.1) is 0 Å². The zero-order valence-electron chi connectivity index (χ0n) is 15.5. The minimum Gasteiger partial charge on any atom is -0.481 e. The number of nitrogens with zero attached hydrogens (tertiary/aromatic N) is 1. The van der Waals surface area contributed by atoms with Crippen molar-refractivity contribution in [2.75, 3.05) is 19.7 Å². The number of carboxylic acid groups (broad SMARTS) is 1. The first-order valence-corrected chi connectivity index (χ1v) is 9.58. The van der Waals surface area contributed by atoms with Gasteiger partial charge in [-0.25, -0.2) is 0 Å². The molecule has 1 aromatic carbocycles. The maximum Gasteiger partial charge on any atom is 0.309 e. The monoisotopic (exact) mass is 385 g/mol. The lowest BCUT2D eigenvalue weighted by Crippen LogP contribution is -2.43. The quantitative estimate of drug-likeness (QED) is 0.848. The van der Waals surface area contributed by atoms with Gasteiger partial charge < -0.3 is 23.9 Å². The van der Waals surface area contributed by atoms with Crippen molar-refractivity contribution in [2.45, 2.75) is 25.4 Å². The molecule has 4 rings (SSSR count). The van der Waals surface area contributed by atoms with Crippen LogP contribution in [0.1, 0.15) is 29.8 Å². The predicted octanol–water partition coefficient (Wildman–Crippen LogP) is 3.41. The van der Waals surface area contributed by atoms with Gasteiger partial charge in [0.15, 0.2) is 5.76 Å². The van der Waals surface area contributed by atoms with E-state index >= 15 is 0 Å². The van der Waals surface area contributed by atoms with E-state index in [1.807, 2.05) is 30.3 Å². The summed E-state index contributed by atoms with van der Waals surface area (Å²) < 4.78 is 16.9. The van der Waals surface area contributed by atoms with E-state index in [-0.39, 0.29) is 29.6 Å². The molecule has 2 saturated heterocycles. The summed E-state index contributed by atoms with van der Waals surface area (Å²) in [7, 11) is 0. The van der Waals surface area contributed by atoms with Crippen LogP contribution >= 0.6 is 0 Å². The number of hydrogen-bond donors (Lipinski definition) is 1.